The third-order valence-electron chi connectivity index (χ3n) is 6.01. The van der Waals surface area contributed by atoms with Crippen LogP contribution in [0.2, 0.25) is 0 Å². The fraction of sp³-hybridized carbons (Fsp3) is 0.565. The van der Waals surface area contributed by atoms with Gasteiger partial charge in [-0.3, -0.25) is 19.1 Å². The van der Waals surface area contributed by atoms with Crippen molar-refractivity contribution in [2.45, 2.75) is 64.2 Å². The van der Waals surface area contributed by atoms with Crippen LogP contribution in [0.25, 0.3) is 0 Å². The van der Waals surface area contributed by atoms with E-state index in [4.69, 9.17) is 18.5 Å². The Morgan fingerprint density at radius 1 is 1.21 bits per heavy atom. The fourth-order valence-corrected chi connectivity index (χ4v) is 5.14. The Morgan fingerprint density at radius 3 is 2.53 bits per heavy atom. The molecule has 4 N–H and O–H groups in total. The van der Waals surface area contributed by atoms with Crippen molar-refractivity contribution in [2.24, 2.45) is 5.92 Å². The minimum Gasteiger partial charge on any atom is -0.464 e. The van der Waals surface area contributed by atoms with Gasteiger partial charge in [-0.25, -0.2) is 9.36 Å². The number of aromatic nitrogens is 3. The Hall–Kier alpha value is -2.87. The molecule has 0 aliphatic carbocycles. The number of H-pyrrole nitrogens is 1. The molecule has 1 aromatic heterocycles. The maximum Gasteiger partial charge on any atom is 0.459 e. The minimum absolute atomic E-state index is 0.177. The molecule has 3 rings (SSSR count). The first-order valence-corrected chi connectivity index (χ1v) is 13.7. The zero-order chi connectivity index (χ0) is 27.9. The number of carbonyl (C=O) groups is 1. The van der Waals surface area contributed by atoms with E-state index in [1.807, 2.05) is 18.8 Å². The summed E-state index contributed by atoms with van der Waals surface area (Å²) < 4.78 is 36.3. The average Bonchev–Trinajstić information content (AvgIpc) is 3.17. The first kappa shape index (κ1) is 29.7. The van der Waals surface area contributed by atoms with E-state index in [0.29, 0.717) is 4.68 Å². The molecule has 1 saturated heterocycles. The lowest BCUT2D eigenvalue weighted by Gasteiger charge is -2.25. The summed E-state index contributed by atoms with van der Waals surface area (Å²) in [7, 11) is -4.27. The summed E-state index contributed by atoms with van der Waals surface area (Å²) in [6.45, 7) is 5.06. The molecule has 0 amide bonds. The SMILES string of the molecule is CCC(CC)COC(=O)[C@H](C)NP(=O)(OC[C@H]1O[C@@H](n2ncc(=O)[nH]c2=O)[C@H](O)[C@@H]1O)Oc1ccccc1. The largest absolute Gasteiger partial charge is 0.464 e. The van der Waals surface area contributed by atoms with Crippen LogP contribution in [0.15, 0.2) is 46.1 Å². The molecule has 2 heterocycles. The molecule has 1 aliphatic heterocycles. The number of aliphatic hydroxyl groups is 2. The van der Waals surface area contributed by atoms with Crippen molar-refractivity contribution < 1.29 is 38.1 Å². The number of esters is 1. The van der Waals surface area contributed by atoms with Gasteiger partial charge in [0.25, 0.3) is 5.56 Å². The lowest BCUT2D eigenvalue weighted by molar-refractivity contribution is -0.146. The number of nitrogens with one attached hydrogen (secondary N) is 2. The topological polar surface area (TPSA) is 191 Å². The van der Waals surface area contributed by atoms with Crippen LogP contribution in [0.3, 0.4) is 0 Å². The molecule has 0 radical (unpaired) electrons. The molecule has 1 aromatic carbocycles. The normalized spacial score (nSPS) is 23.6. The second-order valence-corrected chi connectivity index (χ2v) is 10.5. The molecule has 0 bridgehead atoms. The molecular formula is C23H33N4O10P. The number of benzene rings is 1. The molecule has 1 aliphatic rings. The maximum atomic E-state index is 13.7. The van der Waals surface area contributed by atoms with E-state index in [0.717, 1.165) is 19.0 Å². The Bertz CT molecular complexity index is 1220. The van der Waals surface area contributed by atoms with Gasteiger partial charge in [-0.1, -0.05) is 44.9 Å². The number of aromatic amines is 1. The summed E-state index contributed by atoms with van der Waals surface area (Å²) in [5, 5.41) is 27.0. The summed E-state index contributed by atoms with van der Waals surface area (Å²) >= 11 is 0. The standard InChI is InChI=1S/C23H33N4O10P/c1-4-15(5-2)12-34-22(31)14(3)26-38(33,37-16-9-7-6-8-10-16)35-13-17-19(29)20(30)21(36-17)27-23(32)25-18(28)11-24-27/h6-11,14-15,17,19-21,29-30H,4-5,12-13H2,1-3H3,(H,26,33)(H,25,28,32)/t14-,17+,19+,20+,21+,38?/m0/s1. The van der Waals surface area contributed by atoms with Gasteiger partial charge >= 0.3 is 19.4 Å². The van der Waals surface area contributed by atoms with E-state index < -0.39 is 62.2 Å². The number of rotatable bonds is 13. The molecule has 14 nitrogen and oxygen atoms in total. The molecule has 0 spiro atoms. The summed E-state index contributed by atoms with van der Waals surface area (Å²) in [6.07, 6.45) is -3.45. The van der Waals surface area contributed by atoms with Crippen LogP contribution in [0.1, 0.15) is 39.8 Å². The highest BCUT2D eigenvalue weighted by molar-refractivity contribution is 7.52. The highest BCUT2D eigenvalue weighted by atomic mass is 31.2. The Balaban J connectivity index is 1.72. The number of nitrogens with zero attached hydrogens (tertiary/aromatic N) is 2. The predicted octanol–water partition coefficient (Wildman–Crippen LogP) is 0.712. The summed E-state index contributed by atoms with van der Waals surface area (Å²) in [6, 6.07) is 6.99. The highest BCUT2D eigenvalue weighted by Gasteiger charge is 2.46. The van der Waals surface area contributed by atoms with E-state index in [-0.39, 0.29) is 18.3 Å². The molecule has 38 heavy (non-hydrogen) atoms. The quantitative estimate of drug-likeness (QED) is 0.200. The number of ether oxygens (including phenoxy) is 2. The molecular weight excluding hydrogens is 523 g/mol. The molecule has 1 fully saturated rings. The zero-order valence-electron chi connectivity index (χ0n) is 21.3. The summed E-state index contributed by atoms with van der Waals surface area (Å²) in [5.41, 5.74) is -1.72. The van der Waals surface area contributed by atoms with Crippen LogP contribution >= 0.6 is 7.75 Å². The molecule has 2 aromatic rings. The molecule has 0 saturated carbocycles. The van der Waals surface area contributed by atoms with Crippen LogP contribution in [0.4, 0.5) is 0 Å². The Morgan fingerprint density at radius 2 is 1.89 bits per heavy atom. The van der Waals surface area contributed by atoms with E-state index in [1.165, 1.54) is 19.1 Å². The van der Waals surface area contributed by atoms with Crippen molar-refractivity contribution in [3.8, 4) is 5.75 Å². The first-order chi connectivity index (χ1) is 18.1. The number of hydrogen-bond donors (Lipinski definition) is 4. The second-order valence-electron chi connectivity index (χ2n) is 8.79. The van der Waals surface area contributed by atoms with Crippen molar-refractivity contribution in [1.29, 1.82) is 0 Å². The monoisotopic (exact) mass is 556 g/mol. The number of para-hydroxylation sites is 1. The van der Waals surface area contributed by atoms with E-state index >= 15 is 0 Å². The van der Waals surface area contributed by atoms with Crippen molar-refractivity contribution in [2.75, 3.05) is 13.2 Å². The van der Waals surface area contributed by atoms with Gasteiger partial charge in [0.05, 0.1) is 13.2 Å². The smallest absolute Gasteiger partial charge is 0.459 e. The van der Waals surface area contributed by atoms with Crippen molar-refractivity contribution in [1.82, 2.24) is 19.9 Å². The van der Waals surface area contributed by atoms with Gasteiger partial charge in [-0.15, -0.1) is 0 Å². The maximum absolute atomic E-state index is 13.7. The molecule has 1 unspecified atom stereocenters. The predicted molar refractivity (Wildman–Crippen MR) is 133 cm³/mol. The van der Waals surface area contributed by atoms with Crippen LogP contribution in [0.5, 0.6) is 5.75 Å². The highest BCUT2D eigenvalue weighted by Crippen LogP contribution is 2.46. The fourth-order valence-electron chi connectivity index (χ4n) is 3.63. The Kier molecular flexibility index (Phi) is 10.4. The third-order valence-corrected chi connectivity index (χ3v) is 7.66. The zero-order valence-corrected chi connectivity index (χ0v) is 22.2. The third kappa shape index (κ3) is 7.59. The van der Waals surface area contributed by atoms with Gasteiger partial charge in [0.15, 0.2) is 6.23 Å². The average molecular weight is 557 g/mol. The van der Waals surface area contributed by atoms with Gasteiger partial charge in [-0.2, -0.15) is 14.9 Å². The van der Waals surface area contributed by atoms with Crippen LogP contribution in [-0.2, 0) is 23.4 Å². The minimum atomic E-state index is -4.27. The van der Waals surface area contributed by atoms with Crippen LogP contribution in [0, 0.1) is 5.92 Å². The van der Waals surface area contributed by atoms with Crippen molar-refractivity contribution in [3.05, 3.63) is 57.4 Å². The van der Waals surface area contributed by atoms with Crippen LogP contribution in [-0.4, -0.2) is 68.5 Å². The van der Waals surface area contributed by atoms with Crippen molar-refractivity contribution >= 4 is 13.7 Å². The number of aliphatic hydroxyl groups excluding tert-OH is 2. The molecule has 15 heteroatoms. The van der Waals surface area contributed by atoms with E-state index in [9.17, 15) is 29.2 Å². The van der Waals surface area contributed by atoms with Gasteiger partial charge in [0.2, 0.25) is 0 Å². The number of hydrogen-bond acceptors (Lipinski definition) is 11. The van der Waals surface area contributed by atoms with Crippen LogP contribution < -0.4 is 20.9 Å². The lowest BCUT2D eigenvalue weighted by Crippen LogP contribution is -2.39. The van der Waals surface area contributed by atoms with Gasteiger partial charge in [0.1, 0.15) is 36.3 Å². The van der Waals surface area contributed by atoms with E-state index in [2.05, 4.69) is 10.2 Å². The molecule has 210 valence electrons. The summed E-state index contributed by atoms with van der Waals surface area (Å²) in [5.74, 6) is -0.288. The number of carbonyl (C=O) groups excluding carboxylic acids is 1. The Labute approximate surface area is 218 Å². The first-order valence-electron chi connectivity index (χ1n) is 12.2. The van der Waals surface area contributed by atoms with E-state index in [1.54, 1.807) is 18.2 Å². The van der Waals surface area contributed by atoms with Gasteiger partial charge < -0.3 is 24.2 Å². The lowest BCUT2D eigenvalue weighted by atomic mass is 10.1. The van der Waals surface area contributed by atoms with Gasteiger partial charge in [-0.05, 0) is 25.0 Å². The second kappa shape index (κ2) is 13.3. The molecule has 6 atom stereocenters. The van der Waals surface area contributed by atoms with Gasteiger partial charge in [0, 0.05) is 0 Å². The van der Waals surface area contributed by atoms with Crippen molar-refractivity contribution in [3.63, 3.8) is 0 Å². The summed E-state index contributed by atoms with van der Waals surface area (Å²) in [4.78, 5) is 37.8.